The second-order valence-corrected chi connectivity index (χ2v) is 3.35. The van der Waals surface area contributed by atoms with Crippen LogP contribution in [0.25, 0.3) is 0 Å². The summed E-state index contributed by atoms with van der Waals surface area (Å²) in [5.41, 5.74) is 0.372. The smallest absolute Gasteiger partial charge is 0.125 e. The zero-order chi connectivity index (χ0) is 9.61. The summed E-state index contributed by atoms with van der Waals surface area (Å²) in [7, 11) is 0. The van der Waals surface area contributed by atoms with Crippen LogP contribution in [0.3, 0.4) is 0 Å². The molecule has 68 valence electrons. The minimum Gasteiger partial charge on any atom is -0.378 e. The van der Waals surface area contributed by atoms with Crippen LogP contribution in [0, 0.1) is 12.3 Å². The molecule has 0 spiro atoms. The zero-order valence-electron chi connectivity index (χ0n) is 8.22. The van der Waals surface area contributed by atoms with E-state index in [9.17, 15) is 5.11 Å². The molecule has 1 N–H and O–H groups in total. The van der Waals surface area contributed by atoms with Gasteiger partial charge in [0, 0.05) is 0 Å². The maximum absolute atomic E-state index is 9.68. The molecule has 0 saturated heterocycles. The van der Waals surface area contributed by atoms with Crippen molar-refractivity contribution in [3.05, 3.63) is 11.6 Å². The van der Waals surface area contributed by atoms with Crippen molar-refractivity contribution >= 4 is 0 Å². The first kappa shape index (κ1) is 11.3. The Morgan fingerprint density at radius 1 is 1.58 bits per heavy atom. The number of hydrogen-bond acceptors (Lipinski definition) is 1. The molecule has 1 atom stereocenters. The molecule has 0 aromatic heterocycles. The van der Waals surface area contributed by atoms with E-state index in [-0.39, 0.29) is 0 Å². The van der Waals surface area contributed by atoms with Crippen molar-refractivity contribution < 1.29 is 5.11 Å². The lowest BCUT2D eigenvalue weighted by Crippen LogP contribution is -2.24. The molecule has 0 aliphatic carbocycles. The predicted molar refractivity (Wildman–Crippen MR) is 52.7 cm³/mol. The average Bonchev–Trinajstić information content (AvgIpc) is 2.03. The summed E-state index contributed by atoms with van der Waals surface area (Å²) >= 11 is 0. The molecule has 0 heterocycles. The van der Waals surface area contributed by atoms with Crippen molar-refractivity contribution in [3.63, 3.8) is 0 Å². The van der Waals surface area contributed by atoms with E-state index in [4.69, 9.17) is 6.42 Å². The Morgan fingerprint density at radius 2 is 2.17 bits per heavy atom. The Labute approximate surface area is 75.5 Å². The molecule has 0 fully saturated rings. The minimum absolute atomic E-state index is 0.625. The van der Waals surface area contributed by atoms with Crippen molar-refractivity contribution in [3.8, 4) is 12.3 Å². The van der Waals surface area contributed by atoms with E-state index < -0.39 is 5.60 Å². The average molecular weight is 166 g/mol. The van der Waals surface area contributed by atoms with Crippen LogP contribution < -0.4 is 0 Å². The summed E-state index contributed by atoms with van der Waals surface area (Å²) < 4.78 is 0. The Bertz CT molecular complexity index is 194. The minimum atomic E-state index is -0.897. The van der Waals surface area contributed by atoms with Gasteiger partial charge in [-0.25, -0.2) is 0 Å². The number of allylic oxidation sites excluding steroid dienone is 2. The van der Waals surface area contributed by atoms with Crippen LogP contribution in [0.15, 0.2) is 11.6 Å². The lowest BCUT2D eigenvalue weighted by molar-refractivity contribution is 0.0889. The summed E-state index contributed by atoms with van der Waals surface area (Å²) in [6.45, 7) is 5.99. The number of aliphatic hydroxyl groups is 1. The zero-order valence-corrected chi connectivity index (χ0v) is 8.22. The molecule has 0 aromatic carbocycles. The summed E-state index contributed by atoms with van der Waals surface area (Å²) in [6.07, 6.45) is 9.45. The van der Waals surface area contributed by atoms with Gasteiger partial charge in [0.15, 0.2) is 0 Å². The van der Waals surface area contributed by atoms with Crippen LogP contribution in [0.2, 0.25) is 0 Å². The van der Waals surface area contributed by atoms with Gasteiger partial charge in [0.1, 0.15) is 5.60 Å². The van der Waals surface area contributed by atoms with E-state index >= 15 is 0 Å². The first-order chi connectivity index (χ1) is 5.54. The Morgan fingerprint density at radius 3 is 2.50 bits per heavy atom. The molecule has 0 aromatic rings. The molecule has 1 heteroatoms. The summed E-state index contributed by atoms with van der Waals surface area (Å²) in [4.78, 5) is 0. The van der Waals surface area contributed by atoms with Crippen molar-refractivity contribution in [2.45, 2.75) is 45.6 Å². The fourth-order valence-corrected chi connectivity index (χ4v) is 0.951. The van der Waals surface area contributed by atoms with E-state index in [0.29, 0.717) is 12.8 Å². The highest BCUT2D eigenvalue weighted by atomic mass is 16.3. The summed E-state index contributed by atoms with van der Waals surface area (Å²) in [5.74, 6) is 2.43. The molecule has 0 saturated carbocycles. The normalized spacial score (nSPS) is 14.6. The van der Waals surface area contributed by atoms with Gasteiger partial charge in [-0.15, -0.1) is 6.42 Å². The summed E-state index contributed by atoms with van der Waals surface area (Å²) in [5, 5.41) is 9.68. The number of rotatable bonds is 4. The van der Waals surface area contributed by atoms with Gasteiger partial charge >= 0.3 is 0 Å². The van der Waals surface area contributed by atoms with Crippen LogP contribution in [0.4, 0.5) is 0 Å². The topological polar surface area (TPSA) is 20.2 Å². The van der Waals surface area contributed by atoms with Crippen LogP contribution in [-0.2, 0) is 0 Å². The lowest BCUT2D eigenvalue weighted by atomic mass is 9.95. The van der Waals surface area contributed by atoms with Gasteiger partial charge in [-0.05, 0) is 33.1 Å². The first-order valence-electron chi connectivity index (χ1n) is 4.37. The van der Waals surface area contributed by atoms with Crippen LogP contribution in [0.1, 0.15) is 40.0 Å². The van der Waals surface area contributed by atoms with E-state index in [1.165, 1.54) is 5.57 Å². The standard InChI is InChI=1S/C11H18O/c1-5-11(12,6-2)9-7-8-10(3)4/h1,8,12H,6-7,9H2,2-4H3. The van der Waals surface area contributed by atoms with Gasteiger partial charge in [-0.1, -0.05) is 24.5 Å². The third kappa shape index (κ3) is 4.20. The van der Waals surface area contributed by atoms with Crippen LogP contribution in [0.5, 0.6) is 0 Å². The Kier molecular flexibility index (Phi) is 4.70. The van der Waals surface area contributed by atoms with E-state index in [1.807, 2.05) is 20.8 Å². The highest BCUT2D eigenvalue weighted by molar-refractivity contribution is 5.07. The van der Waals surface area contributed by atoms with Crippen molar-refractivity contribution in [2.75, 3.05) is 0 Å². The highest BCUT2D eigenvalue weighted by Gasteiger charge is 2.19. The molecular formula is C11H18O. The predicted octanol–water partition coefficient (Wildman–Crippen LogP) is 2.51. The third-order valence-corrected chi connectivity index (χ3v) is 1.96. The monoisotopic (exact) mass is 166 g/mol. The van der Waals surface area contributed by atoms with Crippen molar-refractivity contribution in [2.24, 2.45) is 0 Å². The van der Waals surface area contributed by atoms with Crippen molar-refractivity contribution in [1.82, 2.24) is 0 Å². The molecule has 1 nitrogen and oxygen atoms in total. The van der Waals surface area contributed by atoms with Gasteiger partial charge in [0.2, 0.25) is 0 Å². The first-order valence-corrected chi connectivity index (χ1v) is 4.37. The molecule has 0 aliphatic rings. The fourth-order valence-electron chi connectivity index (χ4n) is 0.951. The van der Waals surface area contributed by atoms with Gasteiger partial charge in [-0.2, -0.15) is 0 Å². The largest absolute Gasteiger partial charge is 0.378 e. The van der Waals surface area contributed by atoms with Gasteiger partial charge in [0.25, 0.3) is 0 Å². The van der Waals surface area contributed by atoms with E-state index in [2.05, 4.69) is 12.0 Å². The van der Waals surface area contributed by atoms with Gasteiger partial charge in [0.05, 0.1) is 0 Å². The molecular weight excluding hydrogens is 148 g/mol. The Hall–Kier alpha value is -0.740. The summed E-state index contributed by atoms with van der Waals surface area (Å²) in [6, 6.07) is 0. The van der Waals surface area contributed by atoms with Crippen molar-refractivity contribution in [1.29, 1.82) is 0 Å². The molecule has 0 bridgehead atoms. The van der Waals surface area contributed by atoms with Crippen LogP contribution in [-0.4, -0.2) is 10.7 Å². The Balaban J connectivity index is 3.92. The molecule has 12 heavy (non-hydrogen) atoms. The number of hydrogen-bond donors (Lipinski definition) is 1. The lowest BCUT2D eigenvalue weighted by Gasteiger charge is -2.18. The van der Waals surface area contributed by atoms with E-state index in [0.717, 1.165) is 6.42 Å². The molecule has 0 radical (unpaired) electrons. The number of terminal acetylenes is 1. The molecule has 0 rings (SSSR count). The highest BCUT2D eigenvalue weighted by Crippen LogP contribution is 2.16. The second-order valence-electron chi connectivity index (χ2n) is 3.35. The molecule has 1 unspecified atom stereocenters. The maximum atomic E-state index is 9.68. The quantitative estimate of drug-likeness (QED) is 0.502. The molecule has 0 amide bonds. The van der Waals surface area contributed by atoms with E-state index in [1.54, 1.807) is 0 Å². The molecule has 0 aliphatic heterocycles. The maximum Gasteiger partial charge on any atom is 0.125 e. The fraction of sp³-hybridized carbons (Fsp3) is 0.636. The van der Waals surface area contributed by atoms with Gasteiger partial charge in [-0.3, -0.25) is 0 Å². The van der Waals surface area contributed by atoms with Crippen LogP contribution >= 0.6 is 0 Å². The third-order valence-electron chi connectivity index (χ3n) is 1.96. The van der Waals surface area contributed by atoms with Gasteiger partial charge < -0.3 is 5.11 Å². The second kappa shape index (κ2) is 5.00. The SMILES string of the molecule is C#CC(O)(CC)CCC=C(C)C.